The van der Waals surface area contributed by atoms with Gasteiger partial charge in [-0.3, -0.25) is 0 Å². The molecule has 3 nitrogen and oxygen atoms in total. The molecule has 1 aliphatic heterocycles. The van der Waals surface area contributed by atoms with E-state index >= 15 is 0 Å². The third-order valence-corrected chi connectivity index (χ3v) is 6.19. The van der Waals surface area contributed by atoms with E-state index in [9.17, 15) is 5.11 Å². The third kappa shape index (κ3) is 3.79. The van der Waals surface area contributed by atoms with Gasteiger partial charge in [-0.15, -0.1) is 11.8 Å². The lowest BCUT2D eigenvalue weighted by atomic mass is 9.87. The van der Waals surface area contributed by atoms with Crippen molar-refractivity contribution < 1.29 is 9.84 Å². The van der Waals surface area contributed by atoms with E-state index in [0.717, 1.165) is 11.8 Å². The standard InChI is InChI=1S/C18H27NO2S/c1-14-9-16(22-15-5-3-2-4-6-15)7-8-17(14)19-10-18(11-20)12-21-13-18/h7-9,15,19-20H,2-6,10-13H2,1H3. The second-order valence-electron chi connectivity index (χ2n) is 6.86. The van der Waals surface area contributed by atoms with Gasteiger partial charge < -0.3 is 15.2 Å². The molecule has 0 radical (unpaired) electrons. The van der Waals surface area contributed by atoms with Gasteiger partial charge in [0.25, 0.3) is 0 Å². The minimum absolute atomic E-state index is 0.0814. The number of thioether (sulfide) groups is 1. The summed E-state index contributed by atoms with van der Waals surface area (Å²) >= 11 is 2.04. The number of aryl methyl sites for hydroxylation is 1. The van der Waals surface area contributed by atoms with E-state index in [1.165, 1.54) is 48.3 Å². The van der Waals surface area contributed by atoms with Crippen LogP contribution in [0.1, 0.15) is 37.7 Å². The van der Waals surface area contributed by atoms with Gasteiger partial charge in [0.2, 0.25) is 0 Å². The van der Waals surface area contributed by atoms with Gasteiger partial charge in [-0.25, -0.2) is 0 Å². The summed E-state index contributed by atoms with van der Waals surface area (Å²) in [6, 6.07) is 6.72. The van der Waals surface area contributed by atoms with E-state index < -0.39 is 0 Å². The minimum atomic E-state index is -0.0814. The smallest absolute Gasteiger partial charge is 0.0584 e. The predicted octanol–water partition coefficient (Wildman–Crippen LogP) is 3.84. The first-order chi connectivity index (χ1) is 10.7. The van der Waals surface area contributed by atoms with Gasteiger partial charge in [-0.2, -0.15) is 0 Å². The molecule has 0 unspecified atom stereocenters. The van der Waals surface area contributed by atoms with Crippen LogP contribution in [0.15, 0.2) is 23.1 Å². The largest absolute Gasteiger partial charge is 0.396 e. The SMILES string of the molecule is Cc1cc(SC2CCCCC2)ccc1NCC1(CO)COC1. The molecule has 22 heavy (non-hydrogen) atoms. The van der Waals surface area contributed by atoms with Crippen LogP contribution in [0.4, 0.5) is 5.69 Å². The number of ether oxygens (including phenoxy) is 1. The van der Waals surface area contributed by atoms with Gasteiger partial charge in [-0.05, 0) is 43.5 Å². The van der Waals surface area contributed by atoms with Crippen molar-refractivity contribution in [3.8, 4) is 0 Å². The highest BCUT2D eigenvalue weighted by Crippen LogP contribution is 2.35. The van der Waals surface area contributed by atoms with E-state index in [1.54, 1.807) is 0 Å². The third-order valence-electron chi connectivity index (χ3n) is 4.86. The summed E-state index contributed by atoms with van der Waals surface area (Å²) in [5.74, 6) is 0. The van der Waals surface area contributed by atoms with E-state index in [-0.39, 0.29) is 12.0 Å². The molecule has 0 spiro atoms. The van der Waals surface area contributed by atoms with Crippen molar-refractivity contribution in [2.75, 3.05) is 31.7 Å². The molecule has 4 heteroatoms. The van der Waals surface area contributed by atoms with Crippen molar-refractivity contribution in [3.63, 3.8) is 0 Å². The summed E-state index contributed by atoms with van der Waals surface area (Å²) < 4.78 is 5.25. The summed E-state index contributed by atoms with van der Waals surface area (Å²) in [6.07, 6.45) is 6.92. The average Bonchev–Trinajstić information content (AvgIpc) is 2.49. The normalized spacial score (nSPS) is 21.4. The molecular weight excluding hydrogens is 294 g/mol. The topological polar surface area (TPSA) is 41.5 Å². The Labute approximate surface area is 137 Å². The molecule has 1 aliphatic carbocycles. The Morgan fingerprint density at radius 3 is 2.64 bits per heavy atom. The van der Waals surface area contributed by atoms with E-state index in [2.05, 4.69) is 30.4 Å². The summed E-state index contributed by atoms with van der Waals surface area (Å²) in [5, 5.41) is 13.8. The Kier molecular flexibility index (Phi) is 5.32. The van der Waals surface area contributed by atoms with E-state index in [0.29, 0.717) is 13.2 Å². The van der Waals surface area contributed by atoms with E-state index in [4.69, 9.17) is 4.74 Å². The zero-order valence-corrected chi connectivity index (χ0v) is 14.3. The molecule has 1 heterocycles. The number of hydrogen-bond acceptors (Lipinski definition) is 4. The van der Waals surface area contributed by atoms with Gasteiger partial charge in [0, 0.05) is 22.4 Å². The van der Waals surface area contributed by atoms with Gasteiger partial charge in [0.1, 0.15) is 0 Å². The summed E-state index contributed by atoms with van der Waals surface area (Å²) in [4.78, 5) is 1.39. The van der Waals surface area contributed by atoms with Crippen LogP contribution in [0.2, 0.25) is 0 Å². The fraction of sp³-hybridized carbons (Fsp3) is 0.667. The van der Waals surface area contributed by atoms with Gasteiger partial charge in [0.05, 0.1) is 25.2 Å². The zero-order chi connectivity index (χ0) is 15.4. The van der Waals surface area contributed by atoms with Crippen molar-refractivity contribution in [2.24, 2.45) is 5.41 Å². The Balaban J connectivity index is 1.57. The molecule has 0 bridgehead atoms. The quantitative estimate of drug-likeness (QED) is 0.835. The Hall–Kier alpha value is -0.710. The monoisotopic (exact) mass is 321 g/mol. The number of aliphatic hydroxyl groups excluding tert-OH is 1. The Bertz CT molecular complexity index is 490. The number of benzene rings is 1. The molecule has 1 aromatic rings. The molecular formula is C18H27NO2S. The van der Waals surface area contributed by atoms with Crippen LogP contribution in [0, 0.1) is 12.3 Å². The molecule has 3 rings (SSSR count). The van der Waals surface area contributed by atoms with E-state index in [1.807, 2.05) is 11.8 Å². The summed E-state index contributed by atoms with van der Waals surface area (Å²) in [6.45, 7) is 4.45. The maximum absolute atomic E-state index is 9.49. The second-order valence-corrected chi connectivity index (χ2v) is 8.23. The van der Waals surface area contributed by atoms with Crippen LogP contribution in [0.25, 0.3) is 0 Å². The molecule has 1 saturated heterocycles. The van der Waals surface area contributed by atoms with Crippen molar-refractivity contribution in [1.82, 2.24) is 0 Å². The van der Waals surface area contributed by atoms with Crippen LogP contribution in [-0.2, 0) is 4.74 Å². The highest BCUT2D eigenvalue weighted by Gasteiger charge is 2.37. The highest BCUT2D eigenvalue weighted by atomic mass is 32.2. The molecule has 0 amide bonds. The fourth-order valence-electron chi connectivity index (χ4n) is 3.21. The molecule has 2 N–H and O–H groups in total. The minimum Gasteiger partial charge on any atom is -0.396 e. The Morgan fingerprint density at radius 1 is 1.27 bits per heavy atom. The first kappa shape index (κ1) is 16.2. The molecule has 2 fully saturated rings. The maximum atomic E-state index is 9.49. The van der Waals surface area contributed by atoms with Crippen LogP contribution >= 0.6 is 11.8 Å². The van der Waals surface area contributed by atoms with Crippen molar-refractivity contribution in [3.05, 3.63) is 23.8 Å². The van der Waals surface area contributed by atoms with Crippen molar-refractivity contribution in [2.45, 2.75) is 49.2 Å². The van der Waals surface area contributed by atoms with Crippen LogP contribution in [0.5, 0.6) is 0 Å². The lowest BCUT2D eigenvalue weighted by molar-refractivity contribution is -0.128. The average molecular weight is 321 g/mol. The predicted molar refractivity (Wildman–Crippen MR) is 92.7 cm³/mol. The second kappa shape index (κ2) is 7.24. The fourth-order valence-corrected chi connectivity index (χ4v) is 4.55. The van der Waals surface area contributed by atoms with Crippen LogP contribution in [0.3, 0.4) is 0 Å². The molecule has 2 aliphatic rings. The number of anilines is 1. The maximum Gasteiger partial charge on any atom is 0.0584 e. The number of aliphatic hydroxyl groups is 1. The summed E-state index contributed by atoms with van der Waals surface area (Å²) in [7, 11) is 0. The molecule has 0 aromatic heterocycles. The van der Waals surface area contributed by atoms with Crippen LogP contribution in [-0.4, -0.2) is 36.7 Å². The summed E-state index contributed by atoms with van der Waals surface area (Å²) in [5.41, 5.74) is 2.38. The number of rotatable bonds is 6. The van der Waals surface area contributed by atoms with Gasteiger partial charge in [0.15, 0.2) is 0 Å². The molecule has 1 saturated carbocycles. The molecule has 1 aromatic carbocycles. The first-order valence-electron chi connectivity index (χ1n) is 8.41. The number of hydrogen-bond donors (Lipinski definition) is 2. The lowest BCUT2D eigenvalue weighted by Gasteiger charge is -2.40. The Morgan fingerprint density at radius 2 is 2.05 bits per heavy atom. The van der Waals surface area contributed by atoms with Crippen LogP contribution < -0.4 is 5.32 Å². The number of nitrogens with one attached hydrogen (secondary N) is 1. The van der Waals surface area contributed by atoms with Gasteiger partial charge in [-0.1, -0.05) is 19.3 Å². The lowest BCUT2D eigenvalue weighted by Crippen LogP contribution is -2.50. The molecule has 0 atom stereocenters. The molecule has 122 valence electrons. The highest BCUT2D eigenvalue weighted by molar-refractivity contribution is 8.00. The zero-order valence-electron chi connectivity index (χ0n) is 13.4. The van der Waals surface area contributed by atoms with Crippen molar-refractivity contribution >= 4 is 17.4 Å². The van der Waals surface area contributed by atoms with Crippen molar-refractivity contribution in [1.29, 1.82) is 0 Å². The first-order valence-corrected chi connectivity index (χ1v) is 9.29. The van der Waals surface area contributed by atoms with Gasteiger partial charge >= 0.3 is 0 Å².